The van der Waals surface area contributed by atoms with Crippen molar-refractivity contribution in [1.82, 2.24) is 9.97 Å². The van der Waals surface area contributed by atoms with Gasteiger partial charge >= 0.3 is 0 Å². The van der Waals surface area contributed by atoms with Gasteiger partial charge in [-0.15, -0.1) is 0 Å². The molecule has 3 aromatic rings. The second kappa shape index (κ2) is 6.67. The van der Waals surface area contributed by atoms with Crippen molar-refractivity contribution in [2.45, 2.75) is 0 Å². The number of anilines is 5. The maximum absolute atomic E-state index is 13.7. The van der Waals surface area contributed by atoms with Crippen LogP contribution in [0, 0.1) is 11.6 Å². The molecule has 0 bridgehead atoms. The number of rotatable bonds is 4. The van der Waals surface area contributed by atoms with E-state index in [4.69, 9.17) is 17.3 Å². The van der Waals surface area contributed by atoms with Crippen molar-refractivity contribution in [3.8, 4) is 0 Å². The Kier molecular flexibility index (Phi) is 4.43. The number of aromatic nitrogens is 2. The van der Waals surface area contributed by atoms with Crippen LogP contribution in [0.2, 0.25) is 5.02 Å². The molecule has 0 saturated carbocycles. The summed E-state index contributed by atoms with van der Waals surface area (Å²) in [6, 6.07) is 10.0. The average molecular weight is 348 g/mol. The third kappa shape index (κ3) is 3.52. The molecule has 0 aliphatic heterocycles. The largest absolute Gasteiger partial charge is 0.393 e. The zero-order valence-corrected chi connectivity index (χ0v) is 13.0. The number of nitrogens with one attached hydrogen (secondary N) is 2. The van der Waals surface area contributed by atoms with Crippen molar-refractivity contribution in [3.63, 3.8) is 0 Å². The minimum absolute atomic E-state index is 0.0749. The summed E-state index contributed by atoms with van der Waals surface area (Å²) < 4.78 is 27.0. The molecule has 1 heterocycles. The molecule has 122 valence electrons. The van der Waals surface area contributed by atoms with E-state index in [1.165, 1.54) is 6.33 Å². The SMILES string of the molecule is Nc1c(Nc2cccc(Cl)c2)ncnc1Nc1cc(F)ccc1F. The lowest BCUT2D eigenvalue weighted by atomic mass is 10.3. The molecule has 0 aliphatic rings. The molecule has 0 unspecified atom stereocenters. The van der Waals surface area contributed by atoms with Crippen LogP contribution in [0.4, 0.5) is 37.5 Å². The van der Waals surface area contributed by atoms with Gasteiger partial charge in [0, 0.05) is 16.8 Å². The lowest BCUT2D eigenvalue weighted by molar-refractivity contribution is 0.603. The van der Waals surface area contributed by atoms with Crippen LogP contribution in [0.5, 0.6) is 0 Å². The highest BCUT2D eigenvalue weighted by molar-refractivity contribution is 6.30. The fourth-order valence-electron chi connectivity index (χ4n) is 2.02. The van der Waals surface area contributed by atoms with Crippen LogP contribution in [-0.4, -0.2) is 9.97 Å². The molecule has 8 heteroatoms. The second-order valence-corrected chi connectivity index (χ2v) is 5.31. The third-order valence-corrected chi connectivity index (χ3v) is 3.39. The van der Waals surface area contributed by atoms with E-state index in [0.29, 0.717) is 16.5 Å². The van der Waals surface area contributed by atoms with Crippen molar-refractivity contribution in [3.05, 3.63) is 65.4 Å². The minimum Gasteiger partial charge on any atom is -0.393 e. The van der Waals surface area contributed by atoms with Crippen LogP contribution < -0.4 is 16.4 Å². The van der Waals surface area contributed by atoms with Gasteiger partial charge in [0.05, 0.1) is 5.69 Å². The van der Waals surface area contributed by atoms with Crippen LogP contribution in [0.3, 0.4) is 0 Å². The van der Waals surface area contributed by atoms with E-state index in [-0.39, 0.29) is 17.2 Å². The lowest BCUT2D eigenvalue weighted by Crippen LogP contribution is -2.06. The monoisotopic (exact) mass is 347 g/mol. The van der Waals surface area contributed by atoms with Gasteiger partial charge in [0.15, 0.2) is 11.6 Å². The third-order valence-electron chi connectivity index (χ3n) is 3.15. The highest BCUT2D eigenvalue weighted by Crippen LogP contribution is 2.29. The van der Waals surface area contributed by atoms with Gasteiger partial charge in [-0.2, -0.15) is 0 Å². The summed E-state index contributed by atoms with van der Waals surface area (Å²) in [5, 5.41) is 6.21. The predicted molar refractivity (Wildman–Crippen MR) is 90.8 cm³/mol. The highest BCUT2D eigenvalue weighted by Gasteiger charge is 2.11. The Morgan fingerprint density at radius 2 is 1.71 bits per heavy atom. The van der Waals surface area contributed by atoms with Crippen molar-refractivity contribution >= 4 is 40.3 Å². The first kappa shape index (κ1) is 15.9. The van der Waals surface area contributed by atoms with Crippen LogP contribution in [0.15, 0.2) is 48.8 Å². The van der Waals surface area contributed by atoms with Crippen LogP contribution >= 0.6 is 11.6 Å². The van der Waals surface area contributed by atoms with E-state index in [9.17, 15) is 8.78 Å². The Morgan fingerprint density at radius 3 is 2.46 bits per heavy atom. The van der Waals surface area contributed by atoms with Gasteiger partial charge < -0.3 is 16.4 Å². The van der Waals surface area contributed by atoms with Crippen LogP contribution in [-0.2, 0) is 0 Å². The summed E-state index contributed by atoms with van der Waals surface area (Å²) in [6.07, 6.45) is 1.25. The Labute approximate surface area is 141 Å². The fraction of sp³-hybridized carbons (Fsp3) is 0. The Hall–Kier alpha value is -2.93. The lowest BCUT2D eigenvalue weighted by Gasteiger charge is -2.13. The fourth-order valence-corrected chi connectivity index (χ4v) is 2.21. The van der Waals surface area contributed by atoms with Gasteiger partial charge in [-0.05, 0) is 30.3 Å². The summed E-state index contributed by atoms with van der Waals surface area (Å²) >= 11 is 5.93. The Morgan fingerprint density at radius 1 is 0.958 bits per heavy atom. The number of nitrogen functional groups attached to an aromatic ring is 1. The zero-order chi connectivity index (χ0) is 17.1. The average Bonchev–Trinajstić information content (AvgIpc) is 2.55. The van der Waals surface area contributed by atoms with E-state index < -0.39 is 11.6 Å². The van der Waals surface area contributed by atoms with Gasteiger partial charge in [0.2, 0.25) is 0 Å². The van der Waals surface area contributed by atoms with E-state index >= 15 is 0 Å². The van der Waals surface area contributed by atoms with Crippen molar-refractivity contribution in [2.24, 2.45) is 0 Å². The van der Waals surface area contributed by atoms with E-state index in [1.54, 1.807) is 24.3 Å². The summed E-state index contributed by atoms with van der Waals surface area (Å²) in [6.45, 7) is 0. The smallest absolute Gasteiger partial charge is 0.159 e. The molecule has 0 atom stereocenters. The first-order valence-corrected chi connectivity index (χ1v) is 7.26. The summed E-state index contributed by atoms with van der Waals surface area (Å²) in [7, 11) is 0. The van der Waals surface area contributed by atoms with Crippen LogP contribution in [0.1, 0.15) is 0 Å². The predicted octanol–water partition coefficient (Wildman–Crippen LogP) is 4.48. The Bertz CT molecular complexity index is 888. The highest BCUT2D eigenvalue weighted by atomic mass is 35.5. The number of nitrogens with two attached hydrogens (primary N) is 1. The molecule has 24 heavy (non-hydrogen) atoms. The quantitative estimate of drug-likeness (QED) is 0.649. The standard InChI is InChI=1S/C16H12ClF2N5/c17-9-2-1-3-11(6-9)23-15-14(20)16(22-8-21-15)24-13-7-10(18)4-5-12(13)19/h1-8H,20H2,(H2,21,22,23,24). The molecule has 0 fully saturated rings. The molecule has 5 nitrogen and oxygen atoms in total. The van der Waals surface area contributed by atoms with E-state index in [0.717, 1.165) is 18.2 Å². The number of nitrogens with zero attached hydrogens (tertiary/aromatic N) is 2. The second-order valence-electron chi connectivity index (χ2n) is 4.87. The topological polar surface area (TPSA) is 75.9 Å². The van der Waals surface area contributed by atoms with Crippen molar-refractivity contribution < 1.29 is 8.78 Å². The summed E-state index contributed by atoms with van der Waals surface area (Å²) in [5.41, 5.74) is 6.76. The van der Waals surface area contributed by atoms with E-state index in [2.05, 4.69) is 20.6 Å². The minimum atomic E-state index is -0.626. The maximum Gasteiger partial charge on any atom is 0.159 e. The molecule has 0 saturated heterocycles. The molecule has 0 radical (unpaired) electrons. The molecule has 0 spiro atoms. The number of hydrogen-bond acceptors (Lipinski definition) is 5. The molecular weight excluding hydrogens is 336 g/mol. The number of benzene rings is 2. The molecule has 3 rings (SSSR count). The molecular formula is C16H12ClF2N5. The molecule has 1 aromatic heterocycles. The normalized spacial score (nSPS) is 10.5. The Balaban J connectivity index is 1.89. The first-order chi connectivity index (χ1) is 11.5. The van der Waals surface area contributed by atoms with Gasteiger partial charge in [-0.3, -0.25) is 0 Å². The summed E-state index contributed by atoms with van der Waals surface area (Å²) in [5.74, 6) is -0.742. The van der Waals surface area contributed by atoms with Gasteiger partial charge in [0.1, 0.15) is 23.6 Å². The molecule has 2 aromatic carbocycles. The molecule has 0 aliphatic carbocycles. The van der Waals surface area contributed by atoms with Crippen molar-refractivity contribution in [1.29, 1.82) is 0 Å². The zero-order valence-electron chi connectivity index (χ0n) is 12.2. The number of hydrogen-bond donors (Lipinski definition) is 3. The number of halogens is 3. The van der Waals surface area contributed by atoms with E-state index in [1.807, 2.05) is 0 Å². The maximum atomic E-state index is 13.7. The first-order valence-electron chi connectivity index (χ1n) is 6.88. The molecule has 0 amide bonds. The summed E-state index contributed by atoms with van der Waals surface area (Å²) in [4.78, 5) is 8.01. The van der Waals surface area contributed by atoms with Crippen LogP contribution in [0.25, 0.3) is 0 Å². The van der Waals surface area contributed by atoms with Gasteiger partial charge in [-0.25, -0.2) is 18.7 Å². The van der Waals surface area contributed by atoms with Gasteiger partial charge in [-0.1, -0.05) is 17.7 Å². The molecule has 4 N–H and O–H groups in total. The van der Waals surface area contributed by atoms with Crippen molar-refractivity contribution in [2.75, 3.05) is 16.4 Å². The van der Waals surface area contributed by atoms with Gasteiger partial charge in [0.25, 0.3) is 0 Å².